The Morgan fingerprint density at radius 2 is 2.08 bits per heavy atom. The van der Waals surface area contributed by atoms with E-state index in [1.807, 2.05) is 0 Å². The molecule has 0 saturated carbocycles. The van der Waals surface area contributed by atoms with Crippen LogP contribution in [-0.2, 0) is 9.47 Å². The third-order valence-electron chi connectivity index (χ3n) is 3.00. The van der Waals surface area contributed by atoms with Crippen molar-refractivity contribution in [2.24, 2.45) is 0 Å². The highest BCUT2D eigenvalue weighted by molar-refractivity contribution is 4.80. The lowest BCUT2D eigenvalue weighted by molar-refractivity contribution is -0.0932. The number of rotatable bonds is 2. The predicted molar refractivity (Wildman–Crippen MR) is 50.8 cm³/mol. The number of hydrogen-bond acceptors (Lipinski definition) is 3. The Labute approximate surface area is 80.0 Å². The van der Waals surface area contributed by atoms with Gasteiger partial charge in [-0.15, -0.1) is 0 Å². The van der Waals surface area contributed by atoms with Gasteiger partial charge in [0.2, 0.25) is 0 Å². The van der Waals surface area contributed by atoms with Crippen LogP contribution in [0, 0.1) is 0 Å². The van der Waals surface area contributed by atoms with Crippen molar-refractivity contribution >= 4 is 0 Å². The maximum atomic E-state index is 5.73. The van der Waals surface area contributed by atoms with Crippen molar-refractivity contribution in [3.8, 4) is 0 Å². The normalized spacial score (nSPS) is 36.7. The first-order chi connectivity index (χ1) is 6.40. The lowest BCUT2D eigenvalue weighted by Gasteiger charge is -2.34. The minimum absolute atomic E-state index is 0.330. The van der Waals surface area contributed by atoms with E-state index in [2.05, 4.69) is 11.8 Å². The summed E-state index contributed by atoms with van der Waals surface area (Å²) in [4.78, 5) is 2.44. The zero-order chi connectivity index (χ0) is 9.10. The van der Waals surface area contributed by atoms with E-state index in [9.17, 15) is 0 Å². The Hall–Kier alpha value is -0.120. The minimum Gasteiger partial charge on any atom is -0.375 e. The Morgan fingerprint density at radius 1 is 1.23 bits per heavy atom. The van der Waals surface area contributed by atoms with Gasteiger partial charge in [-0.2, -0.15) is 0 Å². The average Bonchev–Trinajstić information content (AvgIpc) is 2.71. The van der Waals surface area contributed by atoms with Gasteiger partial charge < -0.3 is 9.47 Å². The largest absolute Gasteiger partial charge is 0.375 e. The topological polar surface area (TPSA) is 21.7 Å². The molecule has 2 atom stereocenters. The third-order valence-corrected chi connectivity index (χ3v) is 3.00. The van der Waals surface area contributed by atoms with Crippen molar-refractivity contribution in [2.45, 2.75) is 32.0 Å². The third kappa shape index (κ3) is 2.22. The smallest absolute Gasteiger partial charge is 0.0963 e. The summed E-state index contributed by atoms with van der Waals surface area (Å²) in [6, 6.07) is 0. The SMILES string of the molecule is CCN1CCO[C@@H]([C@@H]2CCCO2)C1. The lowest BCUT2D eigenvalue weighted by atomic mass is 10.1. The highest BCUT2D eigenvalue weighted by Crippen LogP contribution is 2.20. The number of hydrogen-bond donors (Lipinski definition) is 0. The standard InChI is InChI=1S/C10H19NO2/c1-2-11-5-7-13-10(8-11)9-4-3-6-12-9/h9-10H,2-8H2,1H3/t9-,10+/m0/s1. The van der Waals surface area contributed by atoms with Gasteiger partial charge in [0.05, 0.1) is 18.8 Å². The van der Waals surface area contributed by atoms with Crippen molar-refractivity contribution in [3.63, 3.8) is 0 Å². The molecule has 2 aliphatic rings. The molecule has 2 aliphatic heterocycles. The summed E-state index contributed by atoms with van der Waals surface area (Å²) in [5.74, 6) is 0. The fourth-order valence-electron chi connectivity index (χ4n) is 2.14. The van der Waals surface area contributed by atoms with Gasteiger partial charge >= 0.3 is 0 Å². The van der Waals surface area contributed by atoms with Crippen LogP contribution in [-0.4, -0.2) is 50.0 Å². The number of ether oxygens (including phenoxy) is 2. The van der Waals surface area contributed by atoms with E-state index in [4.69, 9.17) is 9.47 Å². The van der Waals surface area contributed by atoms with Crippen LogP contribution in [0.25, 0.3) is 0 Å². The van der Waals surface area contributed by atoms with Gasteiger partial charge in [0.25, 0.3) is 0 Å². The molecule has 13 heavy (non-hydrogen) atoms. The van der Waals surface area contributed by atoms with Crippen molar-refractivity contribution in [1.82, 2.24) is 4.90 Å². The first-order valence-corrected chi connectivity index (χ1v) is 5.35. The fourth-order valence-corrected chi connectivity index (χ4v) is 2.14. The maximum absolute atomic E-state index is 5.73. The second-order valence-electron chi connectivity index (χ2n) is 3.85. The first kappa shape index (κ1) is 9.44. The van der Waals surface area contributed by atoms with Gasteiger partial charge in [0.1, 0.15) is 0 Å². The average molecular weight is 185 g/mol. The Balaban J connectivity index is 1.84. The highest BCUT2D eigenvalue weighted by atomic mass is 16.5. The molecule has 0 aromatic carbocycles. The molecule has 0 aromatic rings. The Bertz CT molecular complexity index is 157. The van der Waals surface area contributed by atoms with Crippen molar-refractivity contribution < 1.29 is 9.47 Å². The van der Waals surface area contributed by atoms with E-state index >= 15 is 0 Å². The molecule has 2 fully saturated rings. The van der Waals surface area contributed by atoms with Crippen LogP contribution >= 0.6 is 0 Å². The van der Waals surface area contributed by atoms with Gasteiger partial charge in [0, 0.05) is 19.7 Å². The van der Waals surface area contributed by atoms with Crippen LogP contribution in [0.2, 0.25) is 0 Å². The monoisotopic (exact) mass is 185 g/mol. The highest BCUT2D eigenvalue weighted by Gasteiger charge is 2.30. The zero-order valence-electron chi connectivity index (χ0n) is 8.37. The molecule has 0 amide bonds. The van der Waals surface area contributed by atoms with E-state index in [0.717, 1.165) is 32.8 Å². The zero-order valence-corrected chi connectivity index (χ0v) is 8.37. The molecule has 2 saturated heterocycles. The molecule has 0 aromatic heterocycles. The number of nitrogens with zero attached hydrogens (tertiary/aromatic N) is 1. The molecule has 0 bridgehead atoms. The van der Waals surface area contributed by atoms with E-state index < -0.39 is 0 Å². The molecular formula is C10H19NO2. The van der Waals surface area contributed by atoms with Crippen LogP contribution in [0.1, 0.15) is 19.8 Å². The van der Waals surface area contributed by atoms with Gasteiger partial charge in [-0.25, -0.2) is 0 Å². The van der Waals surface area contributed by atoms with Crippen LogP contribution in [0.15, 0.2) is 0 Å². The molecule has 2 rings (SSSR count). The van der Waals surface area contributed by atoms with Crippen LogP contribution in [0.4, 0.5) is 0 Å². The van der Waals surface area contributed by atoms with Gasteiger partial charge in [-0.05, 0) is 19.4 Å². The van der Waals surface area contributed by atoms with Gasteiger partial charge in [-0.3, -0.25) is 4.90 Å². The summed E-state index contributed by atoms with van der Waals surface area (Å²) in [5.41, 5.74) is 0. The Kier molecular flexibility index (Phi) is 3.19. The maximum Gasteiger partial charge on any atom is 0.0963 e. The predicted octanol–water partition coefficient (Wildman–Crippen LogP) is 0.886. The second-order valence-corrected chi connectivity index (χ2v) is 3.85. The van der Waals surface area contributed by atoms with Gasteiger partial charge in [-0.1, -0.05) is 6.92 Å². The fraction of sp³-hybridized carbons (Fsp3) is 1.00. The van der Waals surface area contributed by atoms with Crippen LogP contribution in [0.3, 0.4) is 0 Å². The molecule has 0 radical (unpaired) electrons. The van der Waals surface area contributed by atoms with E-state index in [-0.39, 0.29) is 0 Å². The summed E-state index contributed by atoms with van der Waals surface area (Å²) >= 11 is 0. The molecule has 0 spiro atoms. The number of morpholine rings is 1. The minimum atomic E-state index is 0.330. The van der Waals surface area contributed by atoms with Crippen molar-refractivity contribution in [3.05, 3.63) is 0 Å². The van der Waals surface area contributed by atoms with Crippen molar-refractivity contribution in [2.75, 3.05) is 32.8 Å². The molecule has 0 aliphatic carbocycles. The quantitative estimate of drug-likeness (QED) is 0.637. The molecule has 2 heterocycles. The summed E-state index contributed by atoms with van der Waals surface area (Å²) < 4.78 is 11.4. The summed E-state index contributed by atoms with van der Waals surface area (Å²) in [6.45, 7) is 7.28. The van der Waals surface area contributed by atoms with E-state index in [1.54, 1.807) is 0 Å². The van der Waals surface area contributed by atoms with Crippen molar-refractivity contribution in [1.29, 1.82) is 0 Å². The molecule has 3 heteroatoms. The second kappa shape index (κ2) is 4.40. The number of likely N-dealkylation sites (N-methyl/N-ethyl adjacent to an activating group) is 1. The molecule has 76 valence electrons. The molecule has 0 unspecified atom stereocenters. The summed E-state index contributed by atoms with van der Waals surface area (Å²) in [5, 5.41) is 0. The summed E-state index contributed by atoms with van der Waals surface area (Å²) in [6.07, 6.45) is 3.09. The lowest BCUT2D eigenvalue weighted by Crippen LogP contribution is -2.47. The Morgan fingerprint density at radius 3 is 2.77 bits per heavy atom. The summed E-state index contributed by atoms with van der Waals surface area (Å²) in [7, 11) is 0. The molecular weight excluding hydrogens is 166 g/mol. The van der Waals surface area contributed by atoms with E-state index in [1.165, 1.54) is 12.8 Å². The molecule has 3 nitrogen and oxygen atoms in total. The first-order valence-electron chi connectivity index (χ1n) is 5.35. The van der Waals surface area contributed by atoms with Gasteiger partial charge in [0.15, 0.2) is 0 Å². The van der Waals surface area contributed by atoms with E-state index in [0.29, 0.717) is 12.2 Å². The van der Waals surface area contributed by atoms with Crippen LogP contribution in [0.5, 0.6) is 0 Å². The molecule has 0 N–H and O–H groups in total. The van der Waals surface area contributed by atoms with Crippen LogP contribution < -0.4 is 0 Å².